The van der Waals surface area contributed by atoms with E-state index >= 15 is 0 Å². The summed E-state index contributed by atoms with van der Waals surface area (Å²) in [6, 6.07) is 29.0. The normalized spacial score (nSPS) is 22.6. The lowest BCUT2D eigenvalue weighted by Crippen LogP contribution is -2.49. The predicted molar refractivity (Wildman–Crippen MR) is 128 cm³/mol. The highest BCUT2D eigenvalue weighted by Gasteiger charge is 2.49. The molecule has 2 atom stereocenters. The van der Waals surface area contributed by atoms with Crippen molar-refractivity contribution in [2.45, 2.75) is 30.9 Å². The molecule has 0 amide bonds. The number of rotatable bonds is 7. The van der Waals surface area contributed by atoms with Crippen LogP contribution in [0.4, 0.5) is 0 Å². The number of ether oxygens (including phenoxy) is 1. The van der Waals surface area contributed by atoms with E-state index < -0.39 is 11.4 Å². The number of piperidine rings is 1. The lowest BCUT2D eigenvalue weighted by atomic mass is 9.75. The highest BCUT2D eigenvalue weighted by molar-refractivity contribution is 6.04. The highest BCUT2D eigenvalue weighted by atomic mass is 16.5. The Balaban J connectivity index is 1.38. The third-order valence-electron chi connectivity index (χ3n) is 7.27. The van der Waals surface area contributed by atoms with Gasteiger partial charge in [-0.3, -0.25) is 9.69 Å². The molecule has 3 aromatic rings. The monoisotopic (exact) mass is 439 g/mol. The molecule has 4 heteroatoms. The summed E-state index contributed by atoms with van der Waals surface area (Å²) in [5.41, 5.74) is 1.14. The Hall–Kier alpha value is -3.24. The van der Waals surface area contributed by atoms with E-state index in [1.165, 1.54) is 5.56 Å². The molecule has 168 valence electrons. The third kappa shape index (κ3) is 4.11. The molecule has 1 saturated carbocycles. The second-order valence-electron chi connectivity index (χ2n) is 9.31. The van der Waals surface area contributed by atoms with Crippen LogP contribution in [0, 0.1) is 11.8 Å². The Labute approximate surface area is 195 Å². The van der Waals surface area contributed by atoms with Gasteiger partial charge in [0.05, 0.1) is 0 Å². The maximum atomic E-state index is 13.8. The molecule has 0 radical (unpaired) electrons. The zero-order valence-electron chi connectivity index (χ0n) is 18.7. The van der Waals surface area contributed by atoms with E-state index in [9.17, 15) is 9.59 Å². The SMILES string of the molecule is O=CC(C(=O)OC1C2CCC1CN(Cc1ccccc1)C2)(c1ccccc1)c1ccccc1. The minimum Gasteiger partial charge on any atom is -0.460 e. The van der Waals surface area contributed by atoms with Crippen molar-refractivity contribution in [1.29, 1.82) is 0 Å². The molecular weight excluding hydrogens is 410 g/mol. The fourth-order valence-corrected chi connectivity index (χ4v) is 5.64. The maximum absolute atomic E-state index is 13.8. The van der Waals surface area contributed by atoms with E-state index in [1.54, 1.807) is 0 Å². The number of nitrogens with zero attached hydrogens (tertiary/aromatic N) is 1. The highest BCUT2D eigenvalue weighted by Crippen LogP contribution is 2.41. The zero-order valence-corrected chi connectivity index (χ0v) is 18.7. The number of aldehydes is 1. The first-order valence-corrected chi connectivity index (χ1v) is 11.8. The number of hydrogen-bond acceptors (Lipinski definition) is 4. The number of esters is 1. The van der Waals surface area contributed by atoms with Crippen molar-refractivity contribution >= 4 is 12.3 Å². The number of likely N-dealkylation sites (tertiary alicyclic amines) is 1. The summed E-state index contributed by atoms with van der Waals surface area (Å²) in [5.74, 6) is 0.132. The van der Waals surface area contributed by atoms with Crippen LogP contribution in [0.25, 0.3) is 0 Å². The number of fused-ring (bicyclic) bond motifs is 2. The molecule has 2 unspecified atom stereocenters. The van der Waals surface area contributed by atoms with E-state index in [2.05, 4.69) is 29.2 Å². The molecular formula is C29H29NO3. The van der Waals surface area contributed by atoms with Gasteiger partial charge >= 0.3 is 5.97 Å². The van der Waals surface area contributed by atoms with Gasteiger partial charge in [0.1, 0.15) is 12.4 Å². The van der Waals surface area contributed by atoms with E-state index in [1.807, 2.05) is 66.7 Å². The van der Waals surface area contributed by atoms with Gasteiger partial charge in [-0.2, -0.15) is 0 Å². The first-order chi connectivity index (χ1) is 16.2. The van der Waals surface area contributed by atoms with Crippen molar-refractivity contribution in [2.24, 2.45) is 11.8 Å². The Bertz CT molecular complexity index is 1030. The molecule has 2 fully saturated rings. The van der Waals surface area contributed by atoms with Crippen molar-refractivity contribution in [2.75, 3.05) is 13.1 Å². The van der Waals surface area contributed by atoms with E-state index in [0.717, 1.165) is 38.8 Å². The van der Waals surface area contributed by atoms with Crippen LogP contribution in [0.2, 0.25) is 0 Å². The molecule has 0 aromatic heterocycles. The lowest BCUT2D eigenvalue weighted by Gasteiger charge is -2.39. The van der Waals surface area contributed by atoms with Crippen LogP contribution in [0.5, 0.6) is 0 Å². The standard InChI is InChI=1S/C29H29NO3/c31-21-29(25-12-6-2-7-13-25,26-14-8-3-9-15-26)28(32)33-27-23-16-17-24(27)20-30(19-23)18-22-10-4-1-5-11-22/h1-15,21,23-24,27H,16-20H2. The molecule has 33 heavy (non-hydrogen) atoms. The molecule has 2 bridgehead atoms. The van der Waals surface area contributed by atoms with Crippen LogP contribution in [0.3, 0.4) is 0 Å². The van der Waals surface area contributed by atoms with Gasteiger partial charge in [0.25, 0.3) is 0 Å². The summed E-state index contributed by atoms with van der Waals surface area (Å²) in [7, 11) is 0. The molecule has 0 spiro atoms. The first-order valence-electron chi connectivity index (χ1n) is 11.8. The molecule has 1 aliphatic carbocycles. The Morgan fingerprint density at radius 2 is 1.30 bits per heavy atom. The summed E-state index contributed by atoms with van der Waals surface area (Å²) in [6.07, 6.45) is 2.72. The number of hydrogen-bond donors (Lipinski definition) is 0. The molecule has 0 N–H and O–H groups in total. The third-order valence-corrected chi connectivity index (χ3v) is 7.27. The summed E-state index contributed by atoms with van der Waals surface area (Å²) in [5, 5.41) is 0. The number of carbonyl (C=O) groups is 2. The van der Waals surface area contributed by atoms with Gasteiger partial charge in [-0.05, 0) is 29.5 Å². The van der Waals surface area contributed by atoms with Gasteiger partial charge in [-0.25, -0.2) is 0 Å². The largest absolute Gasteiger partial charge is 0.460 e. The lowest BCUT2D eigenvalue weighted by molar-refractivity contribution is -0.162. The van der Waals surface area contributed by atoms with Gasteiger partial charge < -0.3 is 9.53 Å². The molecule has 2 aliphatic rings. The first kappa shape index (κ1) is 21.6. The van der Waals surface area contributed by atoms with E-state index in [4.69, 9.17) is 4.74 Å². The van der Waals surface area contributed by atoms with Crippen LogP contribution in [-0.4, -0.2) is 36.3 Å². The van der Waals surface area contributed by atoms with Crippen molar-refractivity contribution in [3.05, 3.63) is 108 Å². The molecule has 5 rings (SSSR count). The van der Waals surface area contributed by atoms with E-state index in [-0.39, 0.29) is 6.10 Å². The maximum Gasteiger partial charge on any atom is 0.328 e. The van der Waals surface area contributed by atoms with Crippen LogP contribution >= 0.6 is 0 Å². The molecule has 1 heterocycles. The Morgan fingerprint density at radius 1 is 0.818 bits per heavy atom. The summed E-state index contributed by atoms with van der Waals surface area (Å²) in [6.45, 7) is 2.74. The molecule has 1 saturated heterocycles. The molecule has 1 aliphatic heterocycles. The van der Waals surface area contributed by atoms with Crippen LogP contribution in [0.1, 0.15) is 29.5 Å². The minimum atomic E-state index is -1.46. The fourth-order valence-electron chi connectivity index (χ4n) is 5.64. The molecule has 3 aromatic carbocycles. The van der Waals surface area contributed by atoms with Gasteiger partial charge in [0.15, 0.2) is 5.41 Å². The van der Waals surface area contributed by atoms with Crippen molar-refractivity contribution in [1.82, 2.24) is 4.90 Å². The zero-order chi connectivity index (χ0) is 22.7. The average molecular weight is 440 g/mol. The molecule has 4 nitrogen and oxygen atoms in total. The van der Waals surface area contributed by atoms with Gasteiger partial charge in [-0.15, -0.1) is 0 Å². The smallest absolute Gasteiger partial charge is 0.328 e. The summed E-state index contributed by atoms with van der Waals surface area (Å²) in [4.78, 5) is 28.9. The number of benzene rings is 3. The average Bonchev–Trinajstić information content (AvgIpc) is 3.09. The quantitative estimate of drug-likeness (QED) is 0.306. The second kappa shape index (κ2) is 9.32. The van der Waals surface area contributed by atoms with Crippen LogP contribution < -0.4 is 0 Å². The van der Waals surface area contributed by atoms with Crippen LogP contribution in [0.15, 0.2) is 91.0 Å². The fraction of sp³-hybridized carbons (Fsp3) is 0.310. The summed E-state index contributed by atoms with van der Waals surface area (Å²) < 4.78 is 6.25. The topological polar surface area (TPSA) is 46.6 Å². The van der Waals surface area contributed by atoms with E-state index in [0.29, 0.717) is 23.0 Å². The van der Waals surface area contributed by atoms with Crippen molar-refractivity contribution in [3.8, 4) is 0 Å². The minimum absolute atomic E-state index is 0.142. The van der Waals surface area contributed by atoms with Crippen LogP contribution in [-0.2, 0) is 26.3 Å². The van der Waals surface area contributed by atoms with Gasteiger partial charge in [-0.1, -0.05) is 91.0 Å². The predicted octanol–water partition coefficient (Wildman–Crippen LogP) is 4.63. The summed E-state index contributed by atoms with van der Waals surface area (Å²) >= 11 is 0. The van der Waals surface area contributed by atoms with Gasteiger partial charge in [0.2, 0.25) is 0 Å². The van der Waals surface area contributed by atoms with Crippen molar-refractivity contribution < 1.29 is 14.3 Å². The Kier molecular flexibility index (Phi) is 6.10. The van der Waals surface area contributed by atoms with Gasteiger partial charge in [0, 0.05) is 31.5 Å². The number of carbonyl (C=O) groups excluding carboxylic acids is 2. The van der Waals surface area contributed by atoms with Crippen molar-refractivity contribution in [3.63, 3.8) is 0 Å². The second-order valence-corrected chi connectivity index (χ2v) is 9.31. The Morgan fingerprint density at radius 3 is 1.79 bits per heavy atom.